The van der Waals surface area contributed by atoms with Crippen LogP contribution in [0.25, 0.3) is 0 Å². The first kappa shape index (κ1) is 22.3. The molecule has 0 amide bonds. The van der Waals surface area contributed by atoms with Gasteiger partial charge >= 0.3 is 0 Å². The summed E-state index contributed by atoms with van der Waals surface area (Å²) in [6.45, 7) is 7.49. The molecule has 1 aliphatic heterocycles. The van der Waals surface area contributed by atoms with E-state index in [2.05, 4.69) is 18.7 Å². The van der Waals surface area contributed by atoms with Crippen LogP contribution in [0.15, 0.2) is 0 Å². The second-order valence-corrected chi connectivity index (χ2v) is 11.1. The molecule has 0 aromatic rings. The van der Waals surface area contributed by atoms with Gasteiger partial charge in [-0.05, 0) is 88.8 Å². The zero-order valence-corrected chi connectivity index (χ0v) is 19.5. The molecule has 0 aromatic carbocycles. The average molecular weight is 436 g/mol. The van der Waals surface area contributed by atoms with Gasteiger partial charge in [-0.15, -0.1) is 0 Å². The van der Waals surface area contributed by atoms with E-state index in [0.717, 1.165) is 63.6 Å². The SMILES string of the molecule is CCN(CC)CCCC(=O)CC1CCC2(CC1)OOC1(OO2)C2CC3CC(C2)CC1C3. The van der Waals surface area contributed by atoms with Gasteiger partial charge in [0.2, 0.25) is 11.6 Å². The van der Waals surface area contributed by atoms with Crippen molar-refractivity contribution < 1.29 is 24.3 Å². The van der Waals surface area contributed by atoms with Crippen molar-refractivity contribution >= 4 is 5.78 Å². The van der Waals surface area contributed by atoms with E-state index < -0.39 is 11.6 Å². The number of carbonyl (C=O) groups excluding carboxylic acids is 1. The Morgan fingerprint density at radius 1 is 0.871 bits per heavy atom. The summed E-state index contributed by atoms with van der Waals surface area (Å²) in [5, 5.41) is 0. The Kier molecular flexibility index (Phi) is 6.48. The normalized spacial score (nSPS) is 43.9. The molecular formula is C25H41NO5. The number of Topliss-reactive ketones (excluding diaryl/α,β-unsaturated/α-hetero) is 1. The molecular weight excluding hydrogens is 394 g/mol. The van der Waals surface area contributed by atoms with Gasteiger partial charge in [-0.25, -0.2) is 0 Å². The maximum absolute atomic E-state index is 12.5. The van der Waals surface area contributed by atoms with Crippen LogP contribution >= 0.6 is 0 Å². The molecule has 5 aliphatic carbocycles. The fourth-order valence-corrected chi connectivity index (χ4v) is 7.38. The summed E-state index contributed by atoms with van der Waals surface area (Å²) in [7, 11) is 0. The highest BCUT2D eigenvalue weighted by Crippen LogP contribution is 2.61. The zero-order valence-electron chi connectivity index (χ0n) is 19.5. The lowest BCUT2D eigenvalue weighted by atomic mass is 9.53. The highest BCUT2D eigenvalue weighted by atomic mass is 17.4. The molecule has 0 atom stereocenters. The van der Waals surface area contributed by atoms with Crippen LogP contribution in [0.3, 0.4) is 0 Å². The summed E-state index contributed by atoms with van der Waals surface area (Å²) < 4.78 is 0. The molecule has 6 heteroatoms. The number of carbonyl (C=O) groups is 1. The Labute approximate surface area is 187 Å². The molecule has 1 heterocycles. The van der Waals surface area contributed by atoms with E-state index in [1.807, 2.05) is 0 Å². The molecule has 2 spiro atoms. The third-order valence-electron chi connectivity index (χ3n) is 9.13. The standard InChI is InChI=1S/C25H41NO5/c1-3-26(4-2)11-5-6-23(27)17-18-7-9-24(10-8-18)28-30-25(31-29-24)21-13-19-12-20(15-21)16-22(25)14-19/h18-22H,3-17H2,1-2H3. The topological polar surface area (TPSA) is 57.2 Å². The predicted molar refractivity (Wildman–Crippen MR) is 115 cm³/mol. The molecule has 0 radical (unpaired) electrons. The van der Waals surface area contributed by atoms with Crippen LogP contribution in [0.1, 0.15) is 90.9 Å². The zero-order chi connectivity index (χ0) is 21.5. The summed E-state index contributed by atoms with van der Waals surface area (Å²) in [5.41, 5.74) is 0. The fraction of sp³-hybridized carbons (Fsp3) is 0.960. The Balaban J connectivity index is 1.07. The van der Waals surface area contributed by atoms with Gasteiger partial charge in [-0.2, -0.15) is 19.6 Å². The third-order valence-corrected chi connectivity index (χ3v) is 9.13. The molecule has 6 aliphatic rings. The number of nitrogens with zero attached hydrogens (tertiary/aromatic N) is 1. The molecule has 176 valence electrons. The molecule has 4 bridgehead atoms. The van der Waals surface area contributed by atoms with Crippen molar-refractivity contribution in [3.8, 4) is 0 Å². The Morgan fingerprint density at radius 2 is 1.45 bits per heavy atom. The minimum absolute atomic E-state index is 0.402. The van der Waals surface area contributed by atoms with Crippen LogP contribution in [0.4, 0.5) is 0 Å². The Bertz CT molecular complexity index is 600. The molecule has 0 unspecified atom stereocenters. The quantitative estimate of drug-likeness (QED) is 0.499. The molecule has 6 rings (SSSR count). The van der Waals surface area contributed by atoms with Gasteiger partial charge in [0.15, 0.2) is 0 Å². The van der Waals surface area contributed by atoms with Gasteiger partial charge < -0.3 is 4.90 Å². The molecule has 31 heavy (non-hydrogen) atoms. The van der Waals surface area contributed by atoms with Gasteiger partial charge in [0, 0.05) is 37.5 Å². The molecule has 1 saturated heterocycles. The van der Waals surface area contributed by atoms with Gasteiger partial charge in [-0.1, -0.05) is 13.8 Å². The molecule has 5 saturated carbocycles. The summed E-state index contributed by atoms with van der Waals surface area (Å²) in [6, 6.07) is 0. The van der Waals surface area contributed by atoms with Crippen molar-refractivity contribution in [3.05, 3.63) is 0 Å². The minimum atomic E-state index is -0.776. The predicted octanol–water partition coefficient (Wildman–Crippen LogP) is 5.02. The second kappa shape index (κ2) is 9.02. The van der Waals surface area contributed by atoms with Crippen molar-refractivity contribution in [3.63, 3.8) is 0 Å². The van der Waals surface area contributed by atoms with E-state index in [0.29, 0.717) is 36.4 Å². The summed E-state index contributed by atoms with van der Waals surface area (Å²) in [4.78, 5) is 39.1. The minimum Gasteiger partial charge on any atom is -0.304 e. The first-order valence-corrected chi connectivity index (χ1v) is 13.0. The van der Waals surface area contributed by atoms with Crippen molar-refractivity contribution in [1.29, 1.82) is 0 Å². The lowest BCUT2D eigenvalue weighted by Gasteiger charge is -2.60. The first-order chi connectivity index (χ1) is 15.0. The van der Waals surface area contributed by atoms with Crippen molar-refractivity contribution in [2.75, 3.05) is 19.6 Å². The number of rotatable bonds is 8. The van der Waals surface area contributed by atoms with Gasteiger partial charge in [0.25, 0.3) is 0 Å². The summed E-state index contributed by atoms with van der Waals surface area (Å²) in [6.07, 6.45) is 11.8. The van der Waals surface area contributed by atoms with E-state index in [9.17, 15) is 4.79 Å². The second-order valence-electron chi connectivity index (χ2n) is 11.1. The summed E-state index contributed by atoms with van der Waals surface area (Å²) in [5.74, 6) is 1.89. The number of hydrogen-bond donors (Lipinski definition) is 0. The average Bonchev–Trinajstić information content (AvgIpc) is 2.78. The van der Waals surface area contributed by atoms with Gasteiger partial charge in [-0.3, -0.25) is 4.79 Å². The largest absolute Gasteiger partial charge is 0.304 e. The van der Waals surface area contributed by atoms with Crippen LogP contribution in [0, 0.1) is 29.6 Å². The Morgan fingerprint density at radius 3 is 2.00 bits per heavy atom. The highest BCUT2D eigenvalue weighted by molar-refractivity contribution is 5.78. The lowest BCUT2D eigenvalue weighted by Crippen LogP contribution is -2.64. The monoisotopic (exact) mass is 435 g/mol. The maximum Gasteiger partial charge on any atom is 0.239 e. The molecule has 6 fully saturated rings. The van der Waals surface area contributed by atoms with Crippen molar-refractivity contribution in [2.45, 2.75) is 102 Å². The smallest absolute Gasteiger partial charge is 0.239 e. The first-order valence-electron chi connectivity index (χ1n) is 13.0. The molecule has 0 N–H and O–H groups in total. The van der Waals surface area contributed by atoms with E-state index in [4.69, 9.17) is 19.6 Å². The summed E-state index contributed by atoms with van der Waals surface area (Å²) >= 11 is 0. The van der Waals surface area contributed by atoms with E-state index in [1.165, 1.54) is 32.1 Å². The molecule has 6 nitrogen and oxygen atoms in total. The van der Waals surface area contributed by atoms with Gasteiger partial charge in [0.1, 0.15) is 5.78 Å². The van der Waals surface area contributed by atoms with E-state index in [-0.39, 0.29) is 0 Å². The molecule has 0 aromatic heterocycles. The van der Waals surface area contributed by atoms with Crippen LogP contribution < -0.4 is 0 Å². The third kappa shape index (κ3) is 4.35. The lowest BCUT2D eigenvalue weighted by molar-refractivity contribution is -0.680. The highest BCUT2D eigenvalue weighted by Gasteiger charge is 2.64. The Hall–Kier alpha value is -0.530. The van der Waals surface area contributed by atoms with Crippen LogP contribution in [-0.4, -0.2) is 41.9 Å². The van der Waals surface area contributed by atoms with E-state index in [1.54, 1.807) is 0 Å². The van der Waals surface area contributed by atoms with Crippen molar-refractivity contribution in [2.24, 2.45) is 29.6 Å². The van der Waals surface area contributed by atoms with Crippen LogP contribution in [-0.2, 0) is 24.3 Å². The van der Waals surface area contributed by atoms with Crippen LogP contribution in [0.2, 0.25) is 0 Å². The maximum atomic E-state index is 12.5. The van der Waals surface area contributed by atoms with Crippen molar-refractivity contribution in [1.82, 2.24) is 4.90 Å². The van der Waals surface area contributed by atoms with Gasteiger partial charge in [0.05, 0.1) is 0 Å². The fourth-order valence-electron chi connectivity index (χ4n) is 7.38. The van der Waals surface area contributed by atoms with Crippen LogP contribution in [0.5, 0.6) is 0 Å². The van der Waals surface area contributed by atoms with E-state index >= 15 is 0 Å². The number of hydrogen-bond acceptors (Lipinski definition) is 6. The number of ketones is 1.